The van der Waals surface area contributed by atoms with Crippen molar-refractivity contribution in [1.29, 1.82) is 0 Å². The van der Waals surface area contributed by atoms with Crippen LogP contribution in [0.25, 0.3) is 0 Å². The summed E-state index contributed by atoms with van der Waals surface area (Å²) >= 11 is 1.48. The summed E-state index contributed by atoms with van der Waals surface area (Å²) in [6.07, 6.45) is 3.92. The second-order valence-electron chi connectivity index (χ2n) is 7.94. The maximum Gasteiger partial charge on any atom is 0.230 e. The van der Waals surface area contributed by atoms with Gasteiger partial charge in [-0.05, 0) is 30.7 Å². The van der Waals surface area contributed by atoms with Crippen LogP contribution < -0.4 is 10.2 Å². The summed E-state index contributed by atoms with van der Waals surface area (Å²) in [7, 11) is 0. The lowest BCUT2D eigenvalue weighted by Crippen LogP contribution is -3.11. The van der Waals surface area contributed by atoms with Gasteiger partial charge in [-0.25, -0.2) is 0 Å². The first-order valence-electron chi connectivity index (χ1n) is 10.3. The van der Waals surface area contributed by atoms with E-state index in [0.717, 1.165) is 24.1 Å². The number of thioether (sulfide) groups is 1. The lowest BCUT2D eigenvalue weighted by atomic mass is 10.1. The summed E-state index contributed by atoms with van der Waals surface area (Å²) in [4.78, 5) is 13.7. The van der Waals surface area contributed by atoms with Crippen LogP contribution in [-0.4, -0.2) is 46.1 Å². The smallest absolute Gasteiger partial charge is 0.230 e. The molecule has 1 fully saturated rings. The Labute approximate surface area is 172 Å². The molecule has 0 bridgehead atoms. The minimum atomic E-state index is 0.0520. The third-order valence-electron chi connectivity index (χ3n) is 4.99. The molecule has 0 aliphatic carbocycles. The summed E-state index contributed by atoms with van der Waals surface area (Å²) in [5, 5.41) is 12.7. The van der Waals surface area contributed by atoms with E-state index in [2.05, 4.69) is 58.2 Å². The van der Waals surface area contributed by atoms with Crippen LogP contribution in [0.3, 0.4) is 0 Å². The van der Waals surface area contributed by atoms with Crippen molar-refractivity contribution in [2.75, 3.05) is 25.4 Å². The molecule has 1 aliphatic rings. The van der Waals surface area contributed by atoms with E-state index >= 15 is 0 Å². The fraction of sp³-hybridized carbons (Fsp3) is 0.571. The molecule has 1 aliphatic heterocycles. The molecule has 2 N–H and O–H groups in total. The topological polar surface area (TPSA) is 64.2 Å². The maximum absolute atomic E-state index is 12.1. The van der Waals surface area contributed by atoms with Gasteiger partial charge in [-0.3, -0.25) is 9.36 Å². The normalized spacial score (nSPS) is 15.1. The Hall–Kier alpha value is -1.86. The Balaban J connectivity index is 1.70. The molecular formula is C21H32N5OS+. The lowest BCUT2D eigenvalue weighted by molar-refractivity contribution is -0.919. The van der Waals surface area contributed by atoms with Crippen LogP contribution in [0.5, 0.6) is 0 Å². The second-order valence-corrected chi connectivity index (χ2v) is 8.89. The van der Waals surface area contributed by atoms with Crippen LogP contribution >= 0.6 is 11.8 Å². The Bertz CT molecular complexity index is 741. The predicted octanol–water partition coefficient (Wildman–Crippen LogP) is 1.76. The molecule has 2 heterocycles. The van der Waals surface area contributed by atoms with Crippen LogP contribution in [-0.2, 0) is 17.9 Å². The highest BCUT2D eigenvalue weighted by molar-refractivity contribution is 7.99. The Kier molecular flexibility index (Phi) is 7.91. The van der Waals surface area contributed by atoms with Crippen LogP contribution in [0.15, 0.2) is 35.5 Å². The van der Waals surface area contributed by atoms with Gasteiger partial charge in [0.05, 0.1) is 25.4 Å². The fourth-order valence-corrected chi connectivity index (χ4v) is 4.22. The zero-order valence-corrected chi connectivity index (χ0v) is 17.8. The summed E-state index contributed by atoms with van der Waals surface area (Å²) in [5.74, 6) is 1.90. The third-order valence-corrected chi connectivity index (χ3v) is 5.95. The van der Waals surface area contributed by atoms with E-state index in [-0.39, 0.29) is 5.91 Å². The molecule has 28 heavy (non-hydrogen) atoms. The first kappa shape index (κ1) is 20.9. The van der Waals surface area contributed by atoms with Gasteiger partial charge >= 0.3 is 0 Å². The van der Waals surface area contributed by atoms with Gasteiger partial charge in [-0.2, -0.15) is 0 Å². The first-order valence-corrected chi connectivity index (χ1v) is 11.3. The predicted molar refractivity (Wildman–Crippen MR) is 112 cm³/mol. The zero-order valence-electron chi connectivity index (χ0n) is 17.0. The molecule has 1 aromatic heterocycles. The number of hydrogen-bond acceptors (Lipinski definition) is 4. The summed E-state index contributed by atoms with van der Waals surface area (Å²) in [5.41, 5.74) is 1.23. The molecule has 0 saturated carbocycles. The van der Waals surface area contributed by atoms with Crippen LogP contribution in [0, 0.1) is 5.92 Å². The highest BCUT2D eigenvalue weighted by Crippen LogP contribution is 2.18. The number of aromatic nitrogens is 3. The van der Waals surface area contributed by atoms with Crippen LogP contribution in [0.4, 0.5) is 0 Å². The molecule has 0 spiro atoms. The lowest BCUT2D eigenvalue weighted by Gasteiger charge is -2.23. The van der Waals surface area contributed by atoms with Crippen LogP contribution in [0.2, 0.25) is 0 Å². The van der Waals surface area contributed by atoms with Crippen molar-refractivity contribution < 1.29 is 9.69 Å². The van der Waals surface area contributed by atoms with Gasteiger partial charge in [-0.1, -0.05) is 55.9 Å². The van der Waals surface area contributed by atoms with E-state index in [1.54, 1.807) is 4.90 Å². The van der Waals surface area contributed by atoms with Crippen molar-refractivity contribution in [2.24, 2.45) is 5.92 Å². The molecule has 1 aromatic carbocycles. The number of nitrogens with one attached hydrogen (secondary N) is 2. The average Bonchev–Trinajstić information content (AvgIpc) is 3.07. The van der Waals surface area contributed by atoms with E-state index in [9.17, 15) is 4.79 Å². The average molecular weight is 403 g/mol. The van der Waals surface area contributed by atoms with Crippen molar-refractivity contribution in [3.8, 4) is 0 Å². The van der Waals surface area contributed by atoms with Gasteiger partial charge in [-0.15, -0.1) is 10.2 Å². The number of amides is 1. The van der Waals surface area contributed by atoms with Crippen molar-refractivity contribution in [1.82, 2.24) is 20.1 Å². The molecule has 2 aromatic rings. The van der Waals surface area contributed by atoms with E-state index in [1.165, 1.54) is 49.7 Å². The maximum atomic E-state index is 12.1. The molecule has 3 rings (SSSR count). The largest absolute Gasteiger partial charge is 0.355 e. The molecule has 0 radical (unpaired) electrons. The van der Waals surface area contributed by atoms with E-state index < -0.39 is 0 Å². The molecule has 7 heteroatoms. The first-order chi connectivity index (χ1) is 13.6. The zero-order chi connectivity index (χ0) is 19.8. The van der Waals surface area contributed by atoms with Gasteiger partial charge < -0.3 is 10.2 Å². The van der Waals surface area contributed by atoms with Gasteiger partial charge in [0.1, 0.15) is 6.54 Å². The minimum absolute atomic E-state index is 0.0520. The summed E-state index contributed by atoms with van der Waals surface area (Å²) in [6.45, 7) is 8.96. The van der Waals surface area contributed by atoms with Crippen molar-refractivity contribution in [2.45, 2.75) is 51.4 Å². The number of hydrogen-bond donors (Lipinski definition) is 2. The summed E-state index contributed by atoms with van der Waals surface area (Å²) < 4.78 is 2.19. The molecule has 1 saturated heterocycles. The Morgan fingerprint density at radius 2 is 1.93 bits per heavy atom. The molecule has 0 atom stereocenters. The number of quaternary nitrogens is 1. The monoisotopic (exact) mass is 402 g/mol. The van der Waals surface area contributed by atoms with Crippen LogP contribution in [0.1, 0.15) is 44.5 Å². The fourth-order valence-electron chi connectivity index (χ4n) is 3.43. The SMILES string of the molecule is CC(C)CNC(=O)CSc1nnc(C[NH+]2CCCCC2)n1Cc1ccccc1. The highest BCUT2D eigenvalue weighted by Gasteiger charge is 2.21. The molecular weight excluding hydrogens is 370 g/mol. The number of carbonyl (C=O) groups is 1. The standard InChI is InChI=1S/C21H31N5OS/c1-17(2)13-22-20(27)16-28-21-24-23-19(15-25-11-7-4-8-12-25)26(21)14-18-9-5-3-6-10-18/h3,5-6,9-10,17H,4,7-8,11-16H2,1-2H3,(H,22,27)/p+1. The number of nitrogens with zero attached hydrogens (tertiary/aromatic N) is 3. The third kappa shape index (κ3) is 6.34. The second kappa shape index (κ2) is 10.6. The summed E-state index contributed by atoms with van der Waals surface area (Å²) in [6, 6.07) is 10.4. The minimum Gasteiger partial charge on any atom is -0.355 e. The van der Waals surface area contributed by atoms with E-state index in [1.807, 2.05) is 6.07 Å². The number of benzene rings is 1. The van der Waals surface area contributed by atoms with Crippen molar-refractivity contribution in [3.05, 3.63) is 41.7 Å². The molecule has 152 valence electrons. The molecule has 6 nitrogen and oxygen atoms in total. The Morgan fingerprint density at radius 3 is 2.64 bits per heavy atom. The molecule has 0 unspecified atom stereocenters. The van der Waals surface area contributed by atoms with Gasteiger partial charge in [0.2, 0.25) is 5.91 Å². The number of likely N-dealkylation sites (tertiary alicyclic amines) is 1. The van der Waals surface area contributed by atoms with Crippen molar-refractivity contribution >= 4 is 17.7 Å². The number of carbonyl (C=O) groups excluding carboxylic acids is 1. The van der Waals surface area contributed by atoms with E-state index in [0.29, 0.717) is 18.2 Å². The van der Waals surface area contributed by atoms with Gasteiger partial charge in [0, 0.05) is 6.54 Å². The number of piperidine rings is 1. The van der Waals surface area contributed by atoms with Gasteiger partial charge in [0.15, 0.2) is 11.0 Å². The quantitative estimate of drug-likeness (QED) is 0.628. The highest BCUT2D eigenvalue weighted by atomic mass is 32.2. The van der Waals surface area contributed by atoms with Crippen molar-refractivity contribution in [3.63, 3.8) is 0 Å². The molecule has 1 amide bonds. The van der Waals surface area contributed by atoms with Gasteiger partial charge in [0.25, 0.3) is 0 Å². The van der Waals surface area contributed by atoms with E-state index in [4.69, 9.17) is 0 Å². The number of rotatable bonds is 9. The Morgan fingerprint density at radius 1 is 1.18 bits per heavy atom.